The molecule has 3 N–H and O–H groups in total. The second-order valence-corrected chi connectivity index (χ2v) is 6.19. The van der Waals surface area contributed by atoms with Crippen molar-refractivity contribution in [2.75, 3.05) is 12.4 Å². The van der Waals surface area contributed by atoms with E-state index in [0.717, 1.165) is 4.47 Å². The Hall–Kier alpha value is -1.76. The van der Waals surface area contributed by atoms with Crippen LogP contribution in [0.15, 0.2) is 22.7 Å². The Bertz CT molecular complexity index is 556. The third-order valence-corrected chi connectivity index (χ3v) is 4.48. The largest absolute Gasteiger partial charge is 0.495 e. The number of aliphatic carboxylic acids is 1. The minimum atomic E-state index is -0.746. The van der Waals surface area contributed by atoms with Gasteiger partial charge in [0.15, 0.2) is 0 Å². The molecule has 1 saturated carbocycles. The van der Waals surface area contributed by atoms with Gasteiger partial charge in [0.25, 0.3) is 0 Å². The van der Waals surface area contributed by atoms with Crippen LogP contribution in [0, 0.1) is 5.92 Å². The lowest BCUT2D eigenvalue weighted by molar-refractivity contribution is -0.142. The summed E-state index contributed by atoms with van der Waals surface area (Å²) in [5.74, 6) is -0.388. The van der Waals surface area contributed by atoms with Gasteiger partial charge in [-0.1, -0.05) is 0 Å². The highest BCUT2D eigenvalue weighted by Crippen LogP contribution is 2.28. The van der Waals surface area contributed by atoms with Gasteiger partial charge in [0.1, 0.15) is 5.75 Å². The number of rotatable bonds is 4. The van der Waals surface area contributed by atoms with E-state index in [4.69, 9.17) is 9.84 Å². The summed E-state index contributed by atoms with van der Waals surface area (Å²) < 4.78 is 5.99. The summed E-state index contributed by atoms with van der Waals surface area (Å²) >= 11 is 3.35. The number of benzene rings is 1. The summed E-state index contributed by atoms with van der Waals surface area (Å²) in [4.78, 5) is 22.9. The van der Waals surface area contributed by atoms with E-state index < -0.39 is 5.97 Å². The van der Waals surface area contributed by atoms with Gasteiger partial charge in [-0.05, 0) is 53.7 Å². The minimum absolute atomic E-state index is 0.0212. The van der Waals surface area contributed by atoms with Gasteiger partial charge in [0.2, 0.25) is 0 Å². The molecule has 2 amide bonds. The Morgan fingerprint density at radius 1 is 1.27 bits per heavy atom. The highest BCUT2D eigenvalue weighted by atomic mass is 79.9. The van der Waals surface area contributed by atoms with Gasteiger partial charge >= 0.3 is 12.0 Å². The van der Waals surface area contributed by atoms with Crippen molar-refractivity contribution < 1.29 is 19.4 Å². The number of ether oxygens (including phenoxy) is 1. The van der Waals surface area contributed by atoms with Crippen LogP contribution in [0.5, 0.6) is 5.75 Å². The SMILES string of the molecule is COc1cc(NC(=O)NC2CCC(C(=O)O)CC2)ccc1Br. The molecule has 1 aromatic carbocycles. The molecule has 22 heavy (non-hydrogen) atoms. The Morgan fingerprint density at radius 3 is 2.55 bits per heavy atom. The van der Waals surface area contributed by atoms with Gasteiger partial charge in [0.05, 0.1) is 17.5 Å². The number of methoxy groups -OCH3 is 1. The molecule has 1 fully saturated rings. The van der Waals surface area contributed by atoms with Gasteiger partial charge in [-0.2, -0.15) is 0 Å². The molecule has 0 unspecified atom stereocenters. The number of carboxylic acids is 1. The number of nitrogens with one attached hydrogen (secondary N) is 2. The fourth-order valence-electron chi connectivity index (χ4n) is 2.57. The summed E-state index contributed by atoms with van der Waals surface area (Å²) in [6, 6.07) is 5.03. The van der Waals surface area contributed by atoms with Crippen LogP contribution in [0.4, 0.5) is 10.5 Å². The van der Waals surface area contributed by atoms with Crippen LogP contribution < -0.4 is 15.4 Å². The summed E-state index contributed by atoms with van der Waals surface area (Å²) in [6.45, 7) is 0. The lowest BCUT2D eigenvalue weighted by Gasteiger charge is -2.26. The molecule has 0 saturated heterocycles. The first-order chi connectivity index (χ1) is 10.5. The number of carbonyl (C=O) groups excluding carboxylic acids is 1. The molecule has 1 aliphatic rings. The van der Waals surface area contributed by atoms with Gasteiger partial charge in [-0.3, -0.25) is 4.79 Å². The molecule has 0 aromatic heterocycles. The van der Waals surface area contributed by atoms with Crippen LogP contribution in [0.1, 0.15) is 25.7 Å². The second-order valence-electron chi connectivity index (χ2n) is 5.33. The first-order valence-corrected chi connectivity index (χ1v) is 7.92. The highest BCUT2D eigenvalue weighted by Gasteiger charge is 2.26. The zero-order chi connectivity index (χ0) is 16.1. The summed E-state index contributed by atoms with van der Waals surface area (Å²) in [5, 5.41) is 14.6. The monoisotopic (exact) mass is 370 g/mol. The number of carboxylic acid groups (broad SMARTS) is 1. The Balaban J connectivity index is 1.85. The van der Waals surface area contributed by atoms with E-state index in [9.17, 15) is 9.59 Å². The summed E-state index contributed by atoms with van der Waals surface area (Å²) in [6.07, 6.45) is 2.58. The van der Waals surface area contributed by atoms with Gasteiger partial charge in [-0.15, -0.1) is 0 Å². The predicted octanol–water partition coefficient (Wildman–Crippen LogP) is 3.22. The molecule has 120 valence electrons. The topological polar surface area (TPSA) is 87.7 Å². The van der Waals surface area contributed by atoms with Crippen molar-refractivity contribution >= 4 is 33.6 Å². The van der Waals surface area contributed by atoms with Crippen molar-refractivity contribution in [1.29, 1.82) is 0 Å². The third kappa shape index (κ3) is 4.37. The van der Waals surface area contributed by atoms with Gasteiger partial charge in [-0.25, -0.2) is 4.79 Å². The molecular formula is C15H19BrN2O4. The number of hydrogen-bond donors (Lipinski definition) is 3. The van der Waals surface area contributed by atoms with Gasteiger partial charge < -0.3 is 20.5 Å². The van der Waals surface area contributed by atoms with Crippen molar-refractivity contribution in [3.8, 4) is 5.75 Å². The van der Waals surface area contributed by atoms with E-state index in [1.165, 1.54) is 0 Å². The maximum absolute atomic E-state index is 12.0. The first-order valence-electron chi connectivity index (χ1n) is 7.13. The standard InChI is InChI=1S/C15H19BrN2O4/c1-22-13-8-11(6-7-12(13)16)18-15(21)17-10-4-2-9(3-5-10)14(19)20/h6-10H,2-5H2,1H3,(H,19,20)(H2,17,18,21). The van der Waals surface area contributed by atoms with Crippen molar-refractivity contribution in [2.45, 2.75) is 31.7 Å². The van der Waals surface area contributed by atoms with Crippen LogP contribution in [-0.2, 0) is 4.79 Å². The van der Waals surface area contributed by atoms with Crippen molar-refractivity contribution in [1.82, 2.24) is 5.32 Å². The van der Waals surface area contributed by atoms with Crippen LogP contribution in [0.2, 0.25) is 0 Å². The minimum Gasteiger partial charge on any atom is -0.495 e. The molecule has 2 rings (SSSR count). The highest BCUT2D eigenvalue weighted by molar-refractivity contribution is 9.10. The molecule has 0 atom stereocenters. The maximum atomic E-state index is 12.0. The normalized spacial score (nSPS) is 21.0. The molecule has 0 aliphatic heterocycles. The lowest BCUT2D eigenvalue weighted by atomic mass is 9.86. The molecule has 0 bridgehead atoms. The number of urea groups is 1. The summed E-state index contributed by atoms with van der Waals surface area (Å²) in [5.41, 5.74) is 0.636. The van der Waals surface area contributed by atoms with Crippen LogP contribution in [0.3, 0.4) is 0 Å². The average Bonchev–Trinajstić information content (AvgIpc) is 2.49. The Kier molecular flexibility index (Phi) is 5.65. The van der Waals surface area contributed by atoms with Crippen LogP contribution in [0.25, 0.3) is 0 Å². The number of anilines is 1. The third-order valence-electron chi connectivity index (χ3n) is 3.82. The Morgan fingerprint density at radius 2 is 1.95 bits per heavy atom. The average molecular weight is 371 g/mol. The molecule has 1 aliphatic carbocycles. The number of hydrogen-bond acceptors (Lipinski definition) is 3. The van der Waals surface area contributed by atoms with E-state index in [0.29, 0.717) is 37.1 Å². The molecule has 1 aromatic rings. The lowest BCUT2D eigenvalue weighted by Crippen LogP contribution is -2.40. The molecule has 6 nitrogen and oxygen atoms in total. The second kappa shape index (κ2) is 7.49. The molecule has 0 radical (unpaired) electrons. The smallest absolute Gasteiger partial charge is 0.319 e. The number of amides is 2. The van der Waals surface area contributed by atoms with E-state index >= 15 is 0 Å². The van der Waals surface area contributed by atoms with E-state index in [1.807, 2.05) is 0 Å². The fraction of sp³-hybridized carbons (Fsp3) is 0.467. The summed E-state index contributed by atoms with van der Waals surface area (Å²) in [7, 11) is 1.56. The first kappa shape index (κ1) is 16.6. The zero-order valence-electron chi connectivity index (χ0n) is 12.3. The van der Waals surface area contributed by atoms with E-state index in [1.54, 1.807) is 25.3 Å². The molecule has 7 heteroatoms. The number of carbonyl (C=O) groups is 2. The molecule has 0 spiro atoms. The van der Waals surface area contributed by atoms with Crippen molar-refractivity contribution in [3.05, 3.63) is 22.7 Å². The number of halogens is 1. The fourth-order valence-corrected chi connectivity index (χ4v) is 2.98. The molecule has 0 heterocycles. The van der Waals surface area contributed by atoms with E-state index in [-0.39, 0.29) is 18.0 Å². The van der Waals surface area contributed by atoms with Crippen molar-refractivity contribution in [3.63, 3.8) is 0 Å². The van der Waals surface area contributed by atoms with Crippen LogP contribution in [-0.4, -0.2) is 30.3 Å². The predicted molar refractivity (Wildman–Crippen MR) is 86.2 cm³/mol. The van der Waals surface area contributed by atoms with Crippen molar-refractivity contribution in [2.24, 2.45) is 5.92 Å². The quantitative estimate of drug-likeness (QED) is 0.759. The molecular weight excluding hydrogens is 352 g/mol. The van der Waals surface area contributed by atoms with Crippen LogP contribution >= 0.6 is 15.9 Å². The maximum Gasteiger partial charge on any atom is 0.319 e. The zero-order valence-corrected chi connectivity index (χ0v) is 13.9. The van der Waals surface area contributed by atoms with E-state index in [2.05, 4.69) is 26.6 Å². The Labute approximate surface area is 137 Å². The van der Waals surface area contributed by atoms with Gasteiger partial charge in [0, 0.05) is 17.8 Å².